The van der Waals surface area contributed by atoms with Crippen molar-refractivity contribution in [3.05, 3.63) is 101 Å². The van der Waals surface area contributed by atoms with Crippen molar-refractivity contribution < 1.29 is 0 Å². The number of hydrogen-bond acceptors (Lipinski definition) is 5. The molecule has 0 fully saturated rings. The molecule has 0 saturated carbocycles. The molecule has 0 amide bonds. The second-order valence-corrected chi connectivity index (χ2v) is 9.19. The van der Waals surface area contributed by atoms with Crippen LogP contribution < -0.4 is 10.2 Å². The Bertz CT molecular complexity index is 1530. The van der Waals surface area contributed by atoms with Gasteiger partial charge in [0, 0.05) is 47.1 Å². The second kappa shape index (κ2) is 9.10. The smallest absolute Gasteiger partial charge is 0.163 e. The average molecular weight is 478 g/mol. The van der Waals surface area contributed by atoms with Gasteiger partial charge in [-0.2, -0.15) is 0 Å². The highest BCUT2D eigenvalue weighted by molar-refractivity contribution is 6.30. The maximum absolute atomic E-state index is 6.27. The molecule has 3 aromatic carbocycles. The van der Waals surface area contributed by atoms with Crippen molar-refractivity contribution in [3.63, 3.8) is 0 Å². The van der Waals surface area contributed by atoms with E-state index in [0.717, 1.165) is 58.1 Å². The first-order valence-corrected chi connectivity index (χ1v) is 12.1. The molecule has 1 aliphatic rings. The van der Waals surface area contributed by atoms with Gasteiger partial charge in [0.25, 0.3) is 0 Å². The number of aromatic nitrogens is 3. The van der Waals surface area contributed by atoms with Crippen LogP contribution in [0.25, 0.3) is 33.4 Å². The third-order valence-corrected chi connectivity index (χ3v) is 6.67. The predicted octanol–water partition coefficient (Wildman–Crippen LogP) is 6.43. The SMILES string of the molecule is CNCc1cccc(-c2ccc3c(N4CCc5cc(Cl)ccc54)nc(-c4cccnc4)nc3c2)c1. The van der Waals surface area contributed by atoms with Crippen LogP contribution in [0.4, 0.5) is 11.5 Å². The molecule has 172 valence electrons. The Morgan fingerprint density at radius 1 is 0.914 bits per heavy atom. The summed E-state index contributed by atoms with van der Waals surface area (Å²) in [6.07, 6.45) is 4.51. The van der Waals surface area contributed by atoms with Gasteiger partial charge in [0.15, 0.2) is 5.82 Å². The molecule has 2 aromatic heterocycles. The van der Waals surface area contributed by atoms with Crippen molar-refractivity contribution in [1.29, 1.82) is 0 Å². The molecule has 1 aliphatic heterocycles. The number of nitrogens with one attached hydrogen (secondary N) is 1. The fourth-order valence-corrected chi connectivity index (χ4v) is 4.97. The Morgan fingerprint density at radius 2 is 1.80 bits per heavy atom. The topological polar surface area (TPSA) is 53.9 Å². The molecule has 3 heterocycles. The fraction of sp³-hybridized carbons (Fsp3) is 0.138. The molecule has 5 aromatic rings. The molecule has 1 N–H and O–H groups in total. The summed E-state index contributed by atoms with van der Waals surface area (Å²) in [5.41, 5.74) is 7.74. The maximum atomic E-state index is 6.27. The fourth-order valence-electron chi connectivity index (χ4n) is 4.78. The van der Waals surface area contributed by atoms with Crippen molar-refractivity contribution in [1.82, 2.24) is 20.3 Å². The summed E-state index contributed by atoms with van der Waals surface area (Å²) >= 11 is 6.27. The molecule has 0 atom stereocenters. The number of anilines is 2. The van der Waals surface area contributed by atoms with E-state index in [2.05, 4.69) is 69.8 Å². The lowest BCUT2D eigenvalue weighted by atomic mass is 10.0. The van der Waals surface area contributed by atoms with Gasteiger partial charge in [-0.05, 0) is 84.3 Å². The summed E-state index contributed by atoms with van der Waals surface area (Å²) in [5, 5.41) is 5.01. The van der Waals surface area contributed by atoms with Crippen molar-refractivity contribution in [2.45, 2.75) is 13.0 Å². The molecule has 35 heavy (non-hydrogen) atoms. The Labute approximate surface area is 209 Å². The van der Waals surface area contributed by atoms with Gasteiger partial charge in [-0.1, -0.05) is 35.9 Å². The molecule has 0 spiro atoms. The molecule has 0 bridgehead atoms. The first-order chi connectivity index (χ1) is 17.2. The number of rotatable bonds is 5. The number of halogens is 1. The number of fused-ring (bicyclic) bond motifs is 2. The van der Waals surface area contributed by atoms with Crippen LogP contribution in [0.1, 0.15) is 11.1 Å². The van der Waals surface area contributed by atoms with Crippen LogP contribution in [0.2, 0.25) is 5.02 Å². The summed E-state index contributed by atoms with van der Waals surface area (Å²) in [6, 6.07) is 25.1. The van der Waals surface area contributed by atoms with Crippen LogP contribution in [0.15, 0.2) is 85.2 Å². The van der Waals surface area contributed by atoms with Crippen molar-refractivity contribution in [3.8, 4) is 22.5 Å². The zero-order chi connectivity index (χ0) is 23.8. The molecular weight excluding hydrogens is 454 g/mol. The summed E-state index contributed by atoms with van der Waals surface area (Å²) in [7, 11) is 1.96. The summed E-state index contributed by atoms with van der Waals surface area (Å²) in [4.78, 5) is 16.6. The van der Waals surface area contributed by atoms with E-state index in [1.807, 2.05) is 31.4 Å². The zero-order valence-corrected chi connectivity index (χ0v) is 20.1. The van der Waals surface area contributed by atoms with Gasteiger partial charge in [0.1, 0.15) is 5.82 Å². The van der Waals surface area contributed by atoms with Crippen LogP contribution in [0.5, 0.6) is 0 Å². The Morgan fingerprint density at radius 3 is 2.66 bits per heavy atom. The van der Waals surface area contributed by atoms with Crippen LogP contribution in [0, 0.1) is 0 Å². The normalized spacial score (nSPS) is 12.8. The minimum atomic E-state index is 0.670. The average Bonchev–Trinajstić information content (AvgIpc) is 3.31. The quantitative estimate of drug-likeness (QED) is 0.316. The Kier molecular flexibility index (Phi) is 5.64. The maximum Gasteiger partial charge on any atom is 0.163 e. The Hall–Kier alpha value is -3.80. The molecular formula is C29H24ClN5. The van der Waals surface area contributed by atoms with E-state index in [1.165, 1.54) is 16.7 Å². The van der Waals surface area contributed by atoms with Crippen LogP contribution in [0.3, 0.4) is 0 Å². The summed E-state index contributed by atoms with van der Waals surface area (Å²) in [5.74, 6) is 1.58. The highest BCUT2D eigenvalue weighted by Crippen LogP contribution is 2.39. The first kappa shape index (κ1) is 21.7. The standard InChI is InChI=1S/C29H24ClN5/c1-31-17-19-4-2-5-20(14-19)21-7-9-25-26(16-21)33-28(23-6-3-12-32-18-23)34-29(25)35-13-11-22-15-24(30)8-10-27(22)35/h2-10,12,14-16,18,31H,11,13,17H2,1H3. The van der Waals surface area contributed by atoms with Crippen LogP contribution in [-0.4, -0.2) is 28.5 Å². The molecule has 6 heteroatoms. The molecule has 0 saturated heterocycles. The molecule has 0 unspecified atom stereocenters. The van der Waals surface area contributed by atoms with Crippen molar-refractivity contribution in [2.75, 3.05) is 18.5 Å². The van der Waals surface area contributed by atoms with Gasteiger partial charge in [-0.15, -0.1) is 0 Å². The third-order valence-electron chi connectivity index (χ3n) is 6.43. The second-order valence-electron chi connectivity index (χ2n) is 8.75. The van der Waals surface area contributed by atoms with Gasteiger partial charge < -0.3 is 10.2 Å². The van der Waals surface area contributed by atoms with Gasteiger partial charge >= 0.3 is 0 Å². The largest absolute Gasteiger partial charge is 0.325 e. The Balaban J connectivity index is 1.53. The lowest BCUT2D eigenvalue weighted by Gasteiger charge is -2.21. The van der Waals surface area contributed by atoms with Gasteiger partial charge in [0.05, 0.1) is 5.52 Å². The summed E-state index contributed by atoms with van der Waals surface area (Å²) < 4.78 is 0. The van der Waals surface area contributed by atoms with E-state index >= 15 is 0 Å². The zero-order valence-electron chi connectivity index (χ0n) is 19.4. The minimum Gasteiger partial charge on any atom is -0.325 e. The monoisotopic (exact) mass is 477 g/mol. The van der Waals surface area contributed by atoms with Gasteiger partial charge in [-0.3, -0.25) is 4.98 Å². The van der Waals surface area contributed by atoms with Crippen LogP contribution >= 0.6 is 11.6 Å². The number of pyridine rings is 1. The van der Waals surface area contributed by atoms with E-state index in [-0.39, 0.29) is 0 Å². The van der Waals surface area contributed by atoms with E-state index in [4.69, 9.17) is 21.6 Å². The van der Waals surface area contributed by atoms with Crippen molar-refractivity contribution >= 4 is 34.0 Å². The van der Waals surface area contributed by atoms with Crippen molar-refractivity contribution in [2.24, 2.45) is 0 Å². The van der Waals surface area contributed by atoms with E-state index < -0.39 is 0 Å². The highest BCUT2D eigenvalue weighted by atomic mass is 35.5. The number of hydrogen-bond donors (Lipinski definition) is 1. The predicted molar refractivity (Wildman–Crippen MR) is 143 cm³/mol. The third kappa shape index (κ3) is 4.14. The minimum absolute atomic E-state index is 0.670. The van der Waals surface area contributed by atoms with Gasteiger partial charge in [0.2, 0.25) is 0 Å². The van der Waals surface area contributed by atoms with E-state index in [1.54, 1.807) is 6.20 Å². The molecule has 0 radical (unpaired) electrons. The molecule has 6 rings (SSSR count). The first-order valence-electron chi connectivity index (χ1n) is 11.7. The number of benzene rings is 3. The van der Waals surface area contributed by atoms with Crippen LogP contribution in [-0.2, 0) is 13.0 Å². The van der Waals surface area contributed by atoms with E-state index in [9.17, 15) is 0 Å². The summed E-state index contributed by atoms with van der Waals surface area (Å²) in [6.45, 7) is 1.68. The lowest BCUT2D eigenvalue weighted by molar-refractivity contribution is 0.818. The van der Waals surface area contributed by atoms with E-state index in [0.29, 0.717) is 5.82 Å². The molecule has 0 aliphatic carbocycles. The lowest BCUT2D eigenvalue weighted by Crippen LogP contribution is -2.16. The number of nitrogens with zero attached hydrogens (tertiary/aromatic N) is 4. The highest BCUT2D eigenvalue weighted by Gasteiger charge is 2.24. The van der Waals surface area contributed by atoms with Gasteiger partial charge in [-0.25, -0.2) is 9.97 Å². The molecule has 5 nitrogen and oxygen atoms in total.